The Hall–Kier alpha value is -1.84. The highest BCUT2D eigenvalue weighted by molar-refractivity contribution is 5.87. The first-order valence-electron chi connectivity index (χ1n) is 6.04. The van der Waals surface area contributed by atoms with Crippen LogP contribution in [0.2, 0.25) is 0 Å². The van der Waals surface area contributed by atoms with Crippen molar-refractivity contribution in [2.45, 2.75) is 32.8 Å². The van der Waals surface area contributed by atoms with Crippen LogP contribution in [0.5, 0.6) is 0 Å². The smallest absolute Gasteiger partial charge is 0.302 e. The molecule has 96 valence electrons. The summed E-state index contributed by atoms with van der Waals surface area (Å²) < 4.78 is 4.91. The standard InChI is InChI=1S/C14H17NO3/c1-10-4-3-5-12(6-10)7-13-8-14(18-15-13)9-17-11(2)16/h3-6,14H,7-9H2,1-2H3. The van der Waals surface area contributed by atoms with Crippen LogP contribution in [0.1, 0.15) is 24.5 Å². The van der Waals surface area contributed by atoms with Crippen molar-refractivity contribution in [3.8, 4) is 0 Å². The van der Waals surface area contributed by atoms with Gasteiger partial charge < -0.3 is 9.57 Å². The van der Waals surface area contributed by atoms with Gasteiger partial charge in [-0.05, 0) is 12.5 Å². The van der Waals surface area contributed by atoms with Crippen molar-refractivity contribution in [2.24, 2.45) is 5.16 Å². The molecular formula is C14H17NO3. The second kappa shape index (κ2) is 5.67. The van der Waals surface area contributed by atoms with Crippen molar-refractivity contribution >= 4 is 11.7 Å². The van der Waals surface area contributed by atoms with Crippen LogP contribution < -0.4 is 0 Å². The maximum Gasteiger partial charge on any atom is 0.302 e. The zero-order valence-electron chi connectivity index (χ0n) is 10.7. The van der Waals surface area contributed by atoms with Gasteiger partial charge in [0, 0.05) is 19.8 Å². The predicted molar refractivity (Wildman–Crippen MR) is 68.4 cm³/mol. The fourth-order valence-corrected chi connectivity index (χ4v) is 1.95. The van der Waals surface area contributed by atoms with Gasteiger partial charge in [0.05, 0.1) is 5.71 Å². The van der Waals surface area contributed by atoms with Crippen molar-refractivity contribution in [1.29, 1.82) is 0 Å². The van der Waals surface area contributed by atoms with E-state index in [2.05, 4.69) is 30.3 Å². The van der Waals surface area contributed by atoms with Gasteiger partial charge in [0.25, 0.3) is 0 Å². The third-order valence-electron chi connectivity index (χ3n) is 2.76. The minimum atomic E-state index is -0.286. The Bertz CT molecular complexity index is 468. The molecular weight excluding hydrogens is 230 g/mol. The number of nitrogens with zero attached hydrogens (tertiary/aromatic N) is 1. The maximum atomic E-state index is 10.7. The number of carbonyl (C=O) groups is 1. The lowest BCUT2D eigenvalue weighted by Gasteiger charge is -2.07. The average Bonchev–Trinajstić information content (AvgIpc) is 2.74. The SMILES string of the molecule is CC(=O)OCC1CC(Cc2cccc(C)c2)=NO1. The molecule has 1 aliphatic heterocycles. The Morgan fingerprint density at radius 1 is 1.56 bits per heavy atom. The van der Waals surface area contributed by atoms with Gasteiger partial charge in [0.1, 0.15) is 6.61 Å². The third-order valence-corrected chi connectivity index (χ3v) is 2.76. The van der Waals surface area contributed by atoms with Crippen LogP contribution >= 0.6 is 0 Å². The molecule has 18 heavy (non-hydrogen) atoms. The highest BCUT2D eigenvalue weighted by Gasteiger charge is 2.22. The quantitative estimate of drug-likeness (QED) is 0.767. The minimum absolute atomic E-state index is 0.131. The number of hydrogen-bond donors (Lipinski definition) is 0. The molecule has 0 spiro atoms. The van der Waals surface area contributed by atoms with E-state index >= 15 is 0 Å². The first-order valence-corrected chi connectivity index (χ1v) is 6.04. The van der Waals surface area contributed by atoms with Gasteiger partial charge in [-0.1, -0.05) is 35.0 Å². The van der Waals surface area contributed by atoms with Crippen LogP contribution in [-0.2, 0) is 20.8 Å². The Morgan fingerprint density at radius 2 is 2.39 bits per heavy atom. The lowest BCUT2D eigenvalue weighted by Crippen LogP contribution is -2.18. The molecule has 4 heteroatoms. The number of benzene rings is 1. The number of rotatable bonds is 4. The summed E-state index contributed by atoms with van der Waals surface area (Å²) in [5.41, 5.74) is 3.46. The van der Waals surface area contributed by atoms with E-state index < -0.39 is 0 Å². The summed E-state index contributed by atoms with van der Waals surface area (Å²) in [4.78, 5) is 15.9. The molecule has 0 saturated carbocycles. The van der Waals surface area contributed by atoms with E-state index in [1.807, 2.05) is 6.07 Å². The largest absolute Gasteiger partial charge is 0.462 e. The molecule has 1 aliphatic rings. The number of aryl methyl sites for hydroxylation is 1. The fraction of sp³-hybridized carbons (Fsp3) is 0.429. The van der Waals surface area contributed by atoms with Crippen molar-refractivity contribution in [2.75, 3.05) is 6.61 Å². The van der Waals surface area contributed by atoms with Gasteiger partial charge in [-0.15, -0.1) is 0 Å². The Balaban J connectivity index is 1.84. The normalized spacial score (nSPS) is 18.1. The van der Waals surface area contributed by atoms with E-state index in [1.165, 1.54) is 18.1 Å². The lowest BCUT2D eigenvalue weighted by molar-refractivity contribution is -0.144. The summed E-state index contributed by atoms with van der Waals surface area (Å²) in [6.07, 6.45) is 1.38. The molecule has 0 aromatic heterocycles. The first-order chi connectivity index (χ1) is 8.63. The summed E-state index contributed by atoms with van der Waals surface area (Å²) in [7, 11) is 0. The van der Waals surface area contributed by atoms with Crippen molar-refractivity contribution in [3.05, 3.63) is 35.4 Å². The zero-order valence-corrected chi connectivity index (χ0v) is 10.7. The summed E-state index contributed by atoms with van der Waals surface area (Å²) in [5, 5.41) is 4.05. The molecule has 0 amide bonds. The van der Waals surface area contributed by atoms with Gasteiger partial charge in [-0.2, -0.15) is 0 Å². The number of esters is 1. The van der Waals surface area contributed by atoms with Gasteiger partial charge >= 0.3 is 5.97 Å². The monoisotopic (exact) mass is 247 g/mol. The van der Waals surface area contributed by atoms with Crippen molar-refractivity contribution < 1.29 is 14.4 Å². The summed E-state index contributed by atoms with van der Waals surface area (Å²) in [6, 6.07) is 8.33. The first kappa shape index (κ1) is 12.6. The van der Waals surface area contributed by atoms with E-state index in [4.69, 9.17) is 9.57 Å². The molecule has 0 fully saturated rings. The van der Waals surface area contributed by atoms with E-state index in [0.29, 0.717) is 0 Å². The summed E-state index contributed by atoms with van der Waals surface area (Å²) in [5.74, 6) is -0.286. The molecule has 4 nitrogen and oxygen atoms in total. The van der Waals surface area contributed by atoms with Crippen molar-refractivity contribution in [3.63, 3.8) is 0 Å². The molecule has 1 aromatic carbocycles. The molecule has 1 atom stereocenters. The van der Waals surface area contributed by atoms with Crippen LogP contribution in [0.4, 0.5) is 0 Å². The molecule has 0 saturated heterocycles. The maximum absolute atomic E-state index is 10.7. The Kier molecular flexibility index (Phi) is 3.97. The molecule has 1 heterocycles. The van der Waals surface area contributed by atoms with Gasteiger partial charge in [-0.25, -0.2) is 0 Å². The molecule has 0 radical (unpaired) electrons. The Labute approximate surface area is 107 Å². The highest BCUT2D eigenvalue weighted by atomic mass is 16.7. The Morgan fingerprint density at radius 3 is 3.11 bits per heavy atom. The molecule has 0 aliphatic carbocycles. The van der Waals surface area contributed by atoms with Crippen LogP contribution in [0, 0.1) is 6.92 Å². The molecule has 0 N–H and O–H groups in total. The van der Waals surface area contributed by atoms with E-state index in [1.54, 1.807) is 0 Å². The van der Waals surface area contributed by atoms with Gasteiger partial charge in [0.15, 0.2) is 6.10 Å². The number of ether oxygens (including phenoxy) is 1. The summed E-state index contributed by atoms with van der Waals surface area (Å²) >= 11 is 0. The lowest BCUT2D eigenvalue weighted by atomic mass is 10.0. The highest BCUT2D eigenvalue weighted by Crippen LogP contribution is 2.15. The van der Waals surface area contributed by atoms with Crippen LogP contribution in [-0.4, -0.2) is 24.4 Å². The predicted octanol–water partition coefficient (Wildman–Crippen LogP) is 2.25. The zero-order chi connectivity index (χ0) is 13.0. The number of oxime groups is 1. The molecule has 1 aromatic rings. The molecule has 2 rings (SSSR count). The molecule has 1 unspecified atom stereocenters. The topological polar surface area (TPSA) is 47.9 Å². The second-order valence-electron chi connectivity index (χ2n) is 4.56. The van der Waals surface area contributed by atoms with Gasteiger partial charge in [-0.3, -0.25) is 4.79 Å². The van der Waals surface area contributed by atoms with Gasteiger partial charge in [0.2, 0.25) is 0 Å². The number of hydrogen-bond acceptors (Lipinski definition) is 4. The fourth-order valence-electron chi connectivity index (χ4n) is 1.95. The minimum Gasteiger partial charge on any atom is -0.462 e. The average molecular weight is 247 g/mol. The van der Waals surface area contributed by atoms with Crippen LogP contribution in [0.25, 0.3) is 0 Å². The van der Waals surface area contributed by atoms with E-state index in [0.717, 1.165) is 18.6 Å². The van der Waals surface area contributed by atoms with E-state index in [9.17, 15) is 4.79 Å². The summed E-state index contributed by atoms with van der Waals surface area (Å²) in [6.45, 7) is 3.74. The number of carbonyl (C=O) groups excluding carboxylic acids is 1. The third kappa shape index (κ3) is 3.58. The van der Waals surface area contributed by atoms with Crippen LogP contribution in [0.15, 0.2) is 29.4 Å². The van der Waals surface area contributed by atoms with Crippen LogP contribution in [0.3, 0.4) is 0 Å². The van der Waals surface area contributed by atoms with Crippen molar-refractivity contribution in [1.82, 2.24) is 0 Å². The second-order valence-corrected chi connectivity index (χ2v) is 4.56. The van der Waals surface area contributed by atoms with E-state index in [-0.39, 0.29) is 18.7 Å². The molecule has 0 bridgehead atoms.